The van der Waals surface area contributed by atoms with Crippen LogP contribution in [-0.2, 0) is 25.5 Å². The van der Waals surface area contributed by atoms with Crippen molar-refractivity contribution < 1.29 is 28.5 Å². The molecular weight excluding hydrogens is 472 g/mol. The Balaban J connectivity index is 1.44. The molecule has 1 saturated heterocycles. The van der Waals surface area contributed by atoms with Crippen molar-refractivity contribution in [2.45, 2.75) is 96.3 Å². The number of likely N-dealkylation sites (tertiary alicyclic amines) is 1. The van der Waals surface area contributed by atoms with E-state index in [9.17, 15) is 9.59 Å². The van der Waals surface area contributed by atoms with Gasteiger partial charge in [-0.05, 0) is 56.2 Å². The highest BCUT2D eigenvalue weighted by molar-refractivity contribution is 5.75. The number of carbonyl (C=O) groups is 2. The number of nitrogens with one attached hydrogen (secondary N) is 1. The normalized spacial score (nSPS) is 22.0. The Morgan fingerprint density at radius 2 is 1.84 bits per heavy atom. The van der Waals surface area contributed by atoms with Gasteiger partial charge in [-0.15, -0.1) is 0 Å². The zero-order valence-corrected chi connectivity index (χ0v) is 23.0. The molecule has 0 aromatic heterocycles. The Kier molecular flexibility index (Phi) is 12.5. The van der Waals surface area contributed by atoms with E-state index in [2.05, 4.69) is 10.2 Å². The van der Waals surface area contributed by atoms with Gasteiger partial charge in [0.1, 0.15) is 12.7 Å². The average molecular weight is 519 g/mol. The van der Waals surface area contributed by atoms with Gasteiger partial charge in [0.15, 0.2) is 11.5 Å². The third-order valence-electron chi connectivity index (χ3n) is 7.17. The molecule has 2 unspecified atom stereocenters. The van der Waals surface area contributed by atoms with Crippen LogP contribution in [0, 0.1) is 0 Å². The van der Waals surface area contributed by atoms with Gasteiger partial charge in [-0.25, -0.2) is 0 Å². The summed E-state index contributed by atoms with van der Waals surface area (Å²) < 4.78 is 23.5. The van der Waals surface area contributed by atoms with Crippen LogP contribution < -0.4 is 14.8 Å². The van der Waals surface area contributed by atoms with Crippen molar-refractivity contribution in [2.75, 3.05) is 40.0 Å². The minimum Gasteiger partial charge on any atom is -0.493 e. The molecule has 1 amide bonds. The van der Waals surface area contributed by atoms with E-state index >= 15 is 0 Å². The monoisotopic (exact) mass is 518 g/mol. The number of amides is 1. The molecule has 0 bridgehead atoms. The van der Waals surface area contributed by atoms with Crippen LogP contribution in [0.5, 0.6) is 11.5 Å². The Labute approximate surface area is 222 Å². The van der Waals surface area contributed by atoms with Crippen molar-refractivity contribution in [3.8, 4) is 11.5 Å². The summed E-state index contributed by atoms with van der Waals surface area (Å²) >= 11 is 0. The fourth-order valence-corrected chi connectivity index (χ4v) is 5.27. The van der Waals surface area contributed by atoms with Crippen LogP contribution in [0.2, 0.25) is 0 Å². The highest BCUT2D eigenvalue weighted by atomic mass is 16.5. The fraction of sp³-hybridized carbons (Fsp3) is 0.724. The number of carbonyl (C=O) groups excluding carboxylic acids is 2. The van der Waals surface area contributed by atoms with Crippen molar-refractivity contribution in [2.24, 2.45) is 0 Å². The third kappa shape index (κ3) is 9.49. The summed E-state index contributed by atoms with van der Waals surface area (Å²) in [6, 6.07) is 6.37. The summed E-state index contributed by atoms with van der Waals surface area (Å²) in [6.07, 6.45) is 9.28. The minimum atomic E-state index is -0.0728. The van der Waals surface area contributed by atoms with Gasteiger partial charge in [0.25, 0.3) is 0 Å². The summed E-state index contributed by atoms with van der Waals surface area (Å²) in [4.78, 5) is 26.0. The second-order valence-corrected chi connectivity index (χ2v) is 10.1. The number of benzene rings is 1. The molecule has 0 radical (unpaired) electrons. The lowest BCUT2D eigenvalue weighted by Gasteiger charge is -2.37. The number of hydrogen-bond acceptors (Lipinski definition) is 7. The highest BCUT2D eigenvalue weighted by Crippen LogP contribution is 2.30. The Bertz CT molecular complexity index is 848. The van der Waals surface area contributed by atoms with Gasteiger partial charge in [-0.2, -0.15) is 0 Å². The molecule has 1 aromatic carbocycles. The Morgan fingerprint density at radius 3 is 2.62 bits per heavy atom. The van der Waals surface area contributed by atoms with E-state index in [1.165, 1.54) is 12.8 Å². The van der Waals surface area contributed by atoms with Crippen LogP contribution in [-0.4, -0.2) is 75.0 Å². The predicted molar refractivity (Wildman–Crippen MR) is 143 cm³/mol. The SMILES string of the molecule is CCCC(=O)NCCOc1ccc(CCOC2CCCCC2N2CC[C@@H](OC(=O)CCC)C2)cc1OC. The number of esters is 1. The maximum absolute atomic E-state index is 11.9. The van der Waals surface area contributed by atoms with Crippen LogP contribution in [0.3, 0.4) is 0 Å². The van der Waals surface area contributed by atoms with Crippen molar-refractivity contribution in [3.05, 3.63) is 23.8 Å². The smallest absolute Gasteiger partial charge is 0.306 e. The van der Waals surface area contributed by atoms with Gasteiger partial charge in [0.05, 0.1) is 26.4 Å². The molecule has 2 fully saturated rings. The summed E-state index contributed by atoms with van der Waals surface area (Å²) in [5, 5.41) is 2.85. The molecule has 1 aliphatic carbocycles. The molecule has 1 heterocycles. The third-order valence-corrected chi connectivity index (χ3v) is 7.17. The summed E-state index contributed by atoms with van der Waals surface area (Å²) in [5.41, 5.74) is 1.14. The summed E-state index contributed by atoms with van der Waals surface area (Å²) in [7, 11) is 1.64. The van der Waals surface area contributed by atoms with Gasteiger partial charge < -0.3 is 24.3 Å². The van der Waals surface area contributed by atoms with Crippen LogP contribution >= 0.6 is 0 Å². The van der Waals surface area contributed by atoms with E-state index in [4.69, 9.17) is 18.9 Å². The Hall–Kier alpha value is -2.32. The molecular formula is C29H46N2O6. The molecule has 37 heavy (non-hydrogen) atoms. The predicted octanol–water partition coefficient (Wildman–Crippen LogP) is 4.28. The molecule has 1 N–H and O–H groups in total. The van der Waals surface area contributed by atoms with Gasteiger partial charge >= 0.3 is 5.97 Å². The number of methoxy groups -OCH3 is 1. The maximum Gasteiger partial charge on any atom is 0.306 e. The van der Waals surface area contributed by atoms with E-state index in [1.54, 1.807) is 7.11 Å². The molecule has 8 heteroatoms. The van der Waals surface area contributed by atoms with E-state index in [0.717, 1.165) is 57.2 Å². The van der Waals surface area contributed by atoms with Gasteiger partial charge in [-0.3, -0.25) is 14.5 Å². The maximum atomic E-state index is 11.9. The molecule has 3 rings (SSSR count). The number of hydrogen-bond donors (Lipinski definition) is 1. The highest BCUT2D eigenvalue weighted by Gasteiger charge is 2.36. The Morgan fingerprint density at radius 1 is 1.03 bits per heavy atom. The van der Waals surface area contributed by atoms with E-state index in [-0.39, 0.29) is 24.1 Å². The van der Waals surface area contributed by atoms with E-state index in [1.807, 2.05) is 32.0 Å². The average Bonchev–Trinajstić information content (AvgIpc) is 3.35. The molecule has 208 valence electrons. The first-order chi connectivity index (χ1) is 18.0. The lowest BCUT2D eigenvalue weighted by Crippen LogP contribution is -2.46. The van der Waals surface area contributed by atoms with Crippen molar-refractivity contribution >= 4 is 11.9 Å². The molecule has 3 atom stereocenters. The lowest BCUT2D eigenvalue weighted by molar-refractivity contribution is -0.148. The molecule has 1 aromatic rings. The first-order valence-corrected chi connectivity index (χ1v) is 14.2. The number of nitrogens with zero attached hydrogens (tertiary/aromatic N) is 1. The van der Waals surface area contributed by atoms with Gasteiger partial charge in [0.2, 0.25) is 5.91 Å². The molecule has 8 nitrogen and oxygen atoms in total. The lowest BCUT2D eigenvalue weighted by atomic mass is 9.91. The van der Waals surface area contributed by atoms with Gasteiger partial charge in [0, 0.05) is 32.0 Å². The fourth-order valence-electron chi connectivity index (χ4n) is 5.27. The van der Waals surface area contributed by atoms with Crippen LogP contribution in [0.4, 0.5) is 0 Å². The van der Waals surface area contributed by atoms with E-state index < -0.39 is 0 Å². The standard InChI is InChI=1S/C29H46N2O6/c1-4-8-28(32)30-16-19-36-26-13-12-22(20-27(26)34-3)15-18-35-25-11-7-6-10-24(25)31-17-14-23(21-31)37-29(33)9-5-2/h12-13,20,23-25H,4-11,14-19,21H2,1-3H3,(H,30,32)/t23-,24?,25?/m1/s1. The topological polar surface area (TPSA) is 86.3 Å². The quantitative estimate of drug-likeness (QED) is 0.274. The summed E-state index contributed by atoms with van der Waals surface area (Å²) in [5.74, 6) is 1.34. The first kappa shape index (κ1) is 29.2. The van der Waals surface area contributed by atoms with Gasteiger partial charge in [-0.1, -0.05) is 32.8 Å². The second kappa shape index (κ2) is 15.8. The zero-order valence-electron chi connectivity index (χ0n) is 23.0. The second-order valence-electron chi connectivity index (χ2n) is 10.1. The number of rotatable bonds is 15. The number of ether oxygens (including phenoxy) is 4. The minimum absolute atomic E-state index is 0.0161. The summed E-state index contributed by atoms with van der Waals surface area (Å²) in [6.45, 7) is 7.29. The largest absolute Gasteiger partial charge is 0.493 e. The van der Waals surface area contributed by atoms with Crippen LogP contribution in [0.15, 0.2) is 18.2 Å². The van der Waals surface area contributed by atoms with E-state index in [0.29, 0.717) is 50.1 Å². The van der Waals surface area contributed by atoms with Crippen molar-refractivity contribution in [1.82, 2.24) is 10.2 Å². The van der Waals surface area contributed by atoms with Crippen molar-refractivity contribution in [1.29, 1.82) is 0 Å². The molecule has 1 saturated carbocycles. The van der Waals surface area contributed by atoms with Crippen LogP contribution in [0.25, 0.3) is 0 Å². The first-order valence-electron chi connectivity index (χ1n) is 14.2. The van der Waals surface area contributed by atoms with Crippen LogP contribution in [0.1, 0.15) is 77.2 Å². The molecule has 0 spiro atoms. The van der Waals surface area contributed by atoms with Crippen molar-refractivity contribution in [3.63, 3.8) is 0 Å². The molecule has 2 aliphatic rings. The zero-order chi connectivity index (χ0) is 26.5. The molecule has 1 aliphatic heterocycles.